The lowest BCUT2D eigenvalue weighted by Gasteiger charge is -2.41. The maximum atomic E-state index is 5.34. The lowest BCUT2D eigenvalue weighted by atomic mass is 9.81. The summed E-state index contributed by atoms with van der Waals surface area (Å²) in [6.07, 6.45) is 8.06. The van der Waals surface area contributed by atoms with Crippen LogP contribution in [0, 0.1) is 6.92 Å². The van der Waals surface area contributed by atoms with E-state index < -0.39 is 0 Å². The van der Waals surface area contributed by atoms with Crippen molar-refractivity contribution in [3.05, 3.63) is 23.8 Å². The summed E-state index contributed by atoms with van der Waals surface area (Å²) in [6, 6.07) is 6.48. The van der Waals surface area contributed by atoms with Crippen molar-refractivity contribution in [1.29, 1.82) is 0 Å². The molecule has 1 heterocycles. The van der Waals surface area contributed by atoms with Crippen LogP contribution in [0.4, 0.5) is 5.69 Å². The fourth-order valence-electron chi connectivity index (χ4n) is 4.00. The predicted molar refractivity (Wildman–Crippen MR) is 88.4 cm³/mol. The molecule has 0 amide bonds. The normalized spacial score (nSPS) is 22.1. The van der Waals surface area contributed by atoms with Crippen LogP contribution in [0.25, 0.3) is 0 Å². The summed E-state index contributed by atoms with van der Waals surface area (Å²) < 4.78 is 5.34. The quantitative estimate of drug-likeness (QED) is 0.901. The molecule has 1 saturated carbocycles. The number of ether oxygens (including phenoxy) is 1. The molecule has 0 aromatic heterocycles. The van der Waals surface area contributed by atoms with E-state index in [1.54, 1.807) is 7.11 Å². The molecule has 3 nitrogen and oxygen atoms in total. The first-order valence-corrected chi connectivity index (χ1v) is 8.37. The van der Waals surface area contributed by atoms with Crippen molar-refractivity contribution in [2.45, 2.75) is 51.0 Å². The molecule has 0 unspecified atom stereocenters. The van der Waals surface area contributed by atoms with Gasteiger partial charge in [-0.05, 0) is 56.5 Å². The van der Waals surface area contributed by atoms with Gasteiger partial charge in [0, 0.05) is 24.3 Å². The third-order valence-electron chi connectivity index (χ3n) is 5.15. The molecule has 1 aliphatic carbocycles. The highest BCUT2D eigenvalue weighted by atomic mass is 16.5. The van der Waals surface area contributed by atoms with Crippen LogP contribution in [0.2, 0.25) is 0 Å². The van der Waals surface area contributed by atoms with Gasteiger partial charge >= 0.3 is 0 Å². The summed E-state index contributed by atoms with van der Waals surface area (Å²) in [6.45, 7) is 5.66. The van der Waals surface area contributed by atoms with Crippen molar-refractivity contribution >= 4 is 5.69 Å². The van der Waals surface area contributed by atoms with E-state index in [4.69, 9.17) is 4.74 Å². The number of benzene rings is 1. The van der Waals surface area contributed by atoms with Gasteiger partial charge in [-0.2, -0.15) is 0 Å². The Morgan fingerprint density at radius 3 is 2.67 bits per heavy atom. The van der Waals surface area contributed by atoms with E-state index in [0.29, 0.717) is 5.54 Å². The minimum absolute atomic E-state index is 0.348. The van der Waals surface area contributed by atoms with Crippen molar-refractivity contribution in [3.63, 3.8) is 0 Å². The van der Waals surface area contributed by atoms with Gasteiger partial charge in [0.15, 0.2) is 0 Å². The first-order valence-electron chi connectivity index (χ1n) is 8.37. The number of methoxy groups -OCH3 is 1. The molecule has 2 fully saturated rings. The highest BCUT2D eigenvalue weighted by Crippen LogP contribution is 2.33. The van der Waals surface area contributed by atoms with Gasteiger partial charge in [0.1, 0.15) is 5.75 Å². The average molecular weight is 288 g/mol. The van der Waals surface area contributed by atoms with E-state index in [1.807, 2.05) is 0 Å². The Bertz CT molecular complexity index is 480. The maximum Gasteiger partial charge on any atom is 0.119 e. The molecule has 0 atom stereocenters. The van der Waals surface area contributed by atoms with Crippen molar-refractivity contribution in [1.82, 2.24) is 5.32 Å². The number of anilines is 1. The molecule has 0 radical (unpaired) electrons. The minimum Gasteiger partial charge on any atom is -0.497 e. The Hall–Kier alpha value is -1.22. The number of aryl methyl sites for hydroxylation is 1. The zero-order valence-corrected chi connectivity index (χ0v) is 13.5. The van der Waals surface area contributed by atoms with Crippen LogP contribution >= 0.6 is 0 Å². The van der Waals surface area contributed by atoms with Gasteiger partial charge in [-0.1, -0.05) is 19.3 Å². The average Bonchev–Trinajstić information content (AvgIpc) is 2.70. The van der Waals surface area contributed by atoms with E-state index in [-0.39, 0.29) is 0 Å². The largest absolute Gasteiger partial charge is 0.497 e. The number of nitrogens with zero attached hydrogens (tertiary/aromatic N) is 1. The van der Waals surface area contributed by atoms with Crippen molar-refractivity contribution in [2.75, 3.05) is 31.6 Å². The van der Waals surface area contributed by atoms with Crippen LogP contribution < -0.4 is 15.0 Å². The molecule has 1 N–H and O–H groups in total. The molecule has 0 bridgehead atoms. The van der Waals surface area contributed by atoms with Crippen LogP contribution in [-0.4, -0.2) is 32.3 Å². The molecular weight excluding hydrogens is 260 g/mol. The number of nitrogens with one attached hydrogen (secondary N) is 1. The fraction of sp³-hybridized carbons (Fsp3) is 0.667. The highest BCUT2D eigenvalue weighted by Gasteiger charge is 2.35. The third kappa shape index (κ3) is 3.18. The fourth-order valence-corrected chi connectivity index (χ4v) is 4.00. The van der Waals surface area contributed by atoms with Gasteiger partial charge in [-0.25, -0.2) is 0 Å². The second-order valence-corrected chi connectivity index (χ2v) is 6.70. The number of hydrogen-bond acceptors (Lipinski definition) is 3. The number of rotatable bonds is 2. The molecule has 1 aromatic rings. The summed E-state index contributed by atoms with van der Waals surface area (Å²) in [7, 11) is 1.74. The molecule has 1 saturated heterocycles. The molecule has 21 heavy (non-hydrogen) atoms. The smallest absolute Gasteiger partial charge is 0.119 e. The van der Waals surface area contributed by atoms with Gasteiger partial charge in [0.25, 0.3) is 0 Å². The van der Waals surface area contributed by atoms with E-state index in [0.717, 1.165) is 25.4 Å². The molecule has 2 aliphatic rings. The lowest BCUT2D eigenvalue weighted by Crippen LogP contribution is -2.52. The molecular formula is C18H28N2O. The van der Waals surface area contributed by atoms with Crippen LogP contribution in [0.5, 0.6) is 5.75 Å². The standard InChI is InChI=1S/C18H28N2O/c1-15-13-16(21-2)7-8-17(15)20-12-6-11-19-18(14-20)9-4-3-5-10-18/h7-8,13,19H,3-6,9-12,14H2,1-2H3. The predicted octanol–water partition coefficient (Wildman–Crippen LogP) is 3.51. The van der Waals surface area contributed by atoms with Crippen LogP contribution in [0.15, 0.2) is 18.2 Å². The van der Waals surface area contributed by atoms with Crippen LogP contribution in [0.3, 0.4) is 0 Å². The Kier molecular flexibility index (Phi) is 4.39. The van der Waals surface area contributed by atoms with Crippen molar-refractivity contribution in [2.24, 2.45) is 0 Å². The molecule has 116 valence electrons. The van der Waals surface area contributed by atoms with E-state index in [9.17, 15) is 0 Å². The lowest BCUT2D eigenvalue weighted by molar-refractivity contribution is 0.246. The molecule has 1 spiro atoms. The summed E-state index contributed by atoms with van der Waals surface area (Å²) in [5, 5.41) is 3.87. The SMILES string of the molecule is COc1ccc(N2CCCNC3(CCCCC3)C2)c(C)c1. The number of hydrogen-bond donors (Lipinski definition) is 1. The molecule has 3 rings (SSSR count). The van der Waals surface area contributed by atoms with E-state index in [2.05, 4.69) is 35.3 Å². The summed E-state index contributed by atoms with van der Waals surface area (Å²) in [5.74, 6) is 0.955. The van der Waals surface area contributed by atoms with Gasteiger partial charge in [0.05, 0.1) is 7.11 Å². The molecule has 3 heteroatoms. The highest BCUT2D eigenvalue weighted by molar-refractivity contribution is 5.56. The topological polar surface area (TPSA) is 24.5 Å². The molecule has 1 aliphatic heterocycles. The maximum absolute atomic E-state index is 5.34. The first-order chi connectivity index (χ1) is 10.2. The zero-order valence-electron chi connectivity index (χ0n) is 13.5. The Labute approximate surface area is 128 Å². The van der Waals surface area contributed by atoms with Crippen LogP contribution in [-0.2, 0) is 0 Å². The first kappa shape index (κ1) is 14.7. The Balaban J connectivity index is 1.83. The van der Waals surface area contributed by atoms with Crippen molar-refractivity contribution in [3.8, 4) is 5.75 Å². The Morgan fingerprint density at radius 2 is 1.95 bits per heavy atom. The van der Waals surface area contributed by atoms with Gasteiger partial charge in [-0.15, -0.1) is 0 Å². The van der Waals surface area contributed by atoms with Gasteiger partial charge in [0.2, 0.25) is 0 Å². The summed E-state index contributed by atoms with van der Waals surface area (Å²) in [4.78, 5) is 2.60. The summed E-state index contributed by atoms with van der Waals surface area (Å²) >= 11 is 0. The third-order valence-corrected chi connectivity index (χ3v) is 5.15. The van der Waals surface area contributed by atoms with Gasteiger partial charge < -0.3 is 15.0 Å². The van der Waals surface area contributed by atoms with E-state index in [1.165, 1.54) is 49.8 Å². The van der Waals surface area contributed by atoms with E-state index >= 15 is 0 Å². The zero-order chi connectivity index (χ0) is 14.7. The monoisotopic (exact) mass is 288 g/mol. The Morgan fingerprint density at radius 1 is 1.14 bits per heavy atom. The minimum atomic E-state index is 0.348. The summed E-state index contributed by atoms with van der Waals surface area (Å²) in [5.41, 5.74) is 3.05. The second-order valence-electron chi connectivity index (χ2n) is 6.70. The van der Waals surface area contributed by atoms with Gasteiger partial charge in [-0.3, -0.25) is 0 Å². The van der Waals surface area contributed by atoms with Crippen LogP contribution in [0.1, 0.15) is 44.1 Å². The van der Waals surface area contributed by atoms with Crippen molar-refractivity contribution < 1.29 is 4.74 Å². The molecule has 1 aromatic carbocycles. The second kappa shape index (κ2) is 6.27.